The maximum atomic E-state index is 12.7. The summed E-state index contributed by atoms with van der Waals surface area (Å²) in [6.07, 6.45) is 0. The summed E-state index contributed by atoms with van der Waals surface area (Å²) < 4.78 is 38.3. The van der Waals surface area contributed by atoms with E-state index < -0.39 is 21.5 Å². The molecule has 0 heterocycles. The van der Waals surface area contributed by atoms with Crippen LogP contribution in [0.2, 0.25) is 0 Å². The molecule has 7 nitrogen and oxygen atoms in total. The molecule has 0 unspecified atom stereocenters. The first kappa shape index (κ1) is 21.4. The normalized spacial score (nSPS) is 11.5. The Kier molecular flexibility index (Phi) is 6.44. The number of methoxy groups -OCH3 is 1. The lowest BCUT2D eigenvalue weighted by atomic mass is 10.1. The van der Waals surface area contributed by atoms with Gasteiger partial charge in [-0.05, 0) is 56.7 Å². The third-order valence-corrected chi connectivity index (χ3v) is 5.33. The van der Waals surface area contributed by atoms with Gasteiger partial charge < -0.3 is 9.47 Å². The fourth-order valence-electron chi connectivity index (χ4n) is 2.43. The quantitative estimate of drug-likeness (QED) is 0.745. The molecule has 148 valence electrons. The molecule has 1 N–H and O–H groups in total. The SMILES string of the molecule is COc1ccc(C(=O)OCc2cccc(C#N)c2)cc1S(=O)(=O)NC(C)(C)C. The van der Waals surface area contributed by atoms with E-state index >= 15 is 0 Å². The smallest absolute Gasteiger partial charge is 0.338 e. The molecule has 0 aromatic heterocycles. The molecule has 0 saturated heterocycles. The van der Waals surface area contributed by atoms with Gasteiger partial charge in [0.25, 0.3) is 0 Å². The van der Waals surface area contributed by atoms with Crippen LogP contribution >= 0.6 is 0 Å². The van der Waals surface area contributed by atoms with Crippen LogP contribution in [0.25, 0.3) is 0 Å². The fraction of sp³-hybridized carbons (Fsp3) is 0.300. The zero-order valence-corrected chi connectivity index (χ0v) is 17.0. The van der Waals surface area contributed by atoms with Crippen molar-refractivity contribution in [1.82, 2.24) is 4.72 Å². The fourth-order valence-corrected chi connectivity index (χ4v) is 4.05. The van der Waals surface area contributed by atoms with Crippen molar-refractivity contribution in [3.05, 3.63) is 59.2 Å². The molecule has 0 radical (unpaired) electrons. The summed E-state index contributed by atoms with van der Waals surface area (Å²) in [7, 11) is -2.56. The van der Waals surface area contributed by atoms with Crippen LogP contribution in [0.15, 0.2) is 47.4 Å². The highest BCUT2D eigenvalue weighted by Crippen LogP contribution is 2.26. The van der Waals surface area contributed by atoms with Crippen molar-refractivity contribution < 1.29 is 22.7 Å². The summed E-state index contributed by atoms with van der Waals surface area (Å²) in [5, 5.41) is 8.92. The average Bonchev–Trinajstić information content (AvgIpc) is 2.63. The molecule has 0 bridgehead atoms. The predicted molar refractivity (Wildman–Crippen MR) is 103 cm³/mol. The largest absolute Gasteiger partial charge is 0.495 e. The molecule has 2 aromatic rings. The minimum absolute atomic E-state index is 0.0390. The van der Waals surface area contributed by atoms with Crippen molar-refractivity contribution in [3.63, 3.8) is 0 Å². The van der Waals surface area contributed by atoms with Crippen LogP contribution in [0.4, 0.5) is 0 Å². The highest BCUT2D eigenvalue weighted by molar-refractivity contribution is 7.89. The minimum atomic E-state index is -3.91. The molecule has 0 amide bonds. The van der Waals surface area contributed by atoms with Gasteiger partial charge in [0.05, 0.1) is 24.3 Å². The Labute approximate surface area is 164 Å². The second-order valence-corrected chi connectivity index (χ2v) is 8.76. The number of nitrogens with one attached hydrogen (secondary N) is 1. The van der Waals surface area contributed by atoms with E-state index in [2.05, 4.69) is 4.72 Å². The van der Waals surface area contributed by atoms with Gasteiger partial charge in [-0.15, -0.1) is 0 Å². The van der Waals surface area contributed by atoms with E-state index in [1.807, 2.05) is 6.07 Å². The summed E-state index contributed by atoms with van der Waals surface area (Å²) >= 11 is 0. The molecule has 0 aliphatic rings. The lowest BCUT2D eigenvalue weighted by Crippen LogP contribution is -2.40. The van der Waals surface area contributed by atoms with E-state index in [4.69, 9.17) is 14.7 Å². The molecular weight excluding hydrogens is 380 g/mol. The van der Waals surface area contributed by atoms with E-state index in [0.29, 0.717) is 11.1 Å². The third kappa shape index (κ3) is 5.55. The van der Waals surface area contributed by atoms with Crippen LogP contribution in [0.3, 0.4) is 0 Å². The molecule has 0 aliphatic heterocycles. The number of rotatable bonds is 6. The molecule has 0 spiro atoms. The van der Waals surface area contributed by atoms with E-state index in [-0.39, 0.29) is 22.8 Å². The number of nitriles is 1. The van der Waals surface area contributed by atoms with Gasteiger partial charge in [-0.1, -0.05) is 12.1 Å². The van der Waals surface area contributed by atoms with Crippen LogP contribution < -0.4 is 9.46 Å². The second-order valence-electron chi connectivity index (χ2n) is 7.11. The van der Waals surface area contributed by atoms with Crippen LogP contribution in [0, 0.1) is 11.3 Å². The summed E-state index contributed by atoms with van der Waals surface area (Å²) in [5.41, 5.74) is 0.487. The molecule has 2 rings (SSSR count). The molecule has 0 fully saturated rings. The first-order chi connectivity index (χ1) is 13.1. The maximum absolute atomic E-state index is 12.7. The highest BCUT2D eigenvalue weighted by Gasteiger charge is 2.26. The van der Waals surface area contributed by atoms with Crippen molar-refractivity contribution >= 4 is 16.0 Å². The lowest BCUT2D eigenvalue weighted by Gasteiger charge is -2.21. The van der Waals surface area contributed by atoms with Crippen molar-refractivity contribution in [1.29, 1.82) is 5.26 Å². The van der Waals surface area contributed by atoms with Crippen molar-refractivity contribution in [2.75, 3.05) is 7.11 Å². The van der Waals surface area contributed by atoms with Gasteiger partial charge in [-0.2, -0.15) is 5.26 Å². The number of carbonyl (C=O) groups is 1. The van der Waals surface area contributed by atoms with Crippen LogP contribution in [-0.4, -0.2) is 27.0 Å². The number of esters is 1. The van der Waals surface area contributed by atoms with Gasteiger partial charge in [-0.25, -0.2) is 17.9 Å². The number of carbonyl (C=O) groups excluding carboxylic acids is 1. The zero-order valence-electron chi connectivity index (χ0n) is 16.1. The van der Waals surface area contributed by atoms with Gasteiger partial charge in [0.15, 0.2) is 0 Å². The molecule has 28 heavy (non-hydrogen) atoms. The number of ether oxygens (including phenoxy) is 2. The highest BCUT2D eigenvalue weighted by atomic mass is 32.2. The van der Waals surface area contributed by atoms with E-state index in [1.54, 1.807) is 45.0 Å². The maximum Gasteiger partial charge on any atom is 0.338 e. The van der Waals surface area contributed by atoms with Gasteiger partial charge in [-0.3, -0.25) is 0 Å². The topological polar surface area (TPSA) is 105 Å². The lowest BCUT2D eigenvalue weighted by molar-refractivity contribution is 0.0472. The Hall–Kier alpha value is -2.89. The minimum Gasteiger partial charge on any atom is -0.495 e. The standard InChI is InChI=1S/C20H22N2O5S/c1-20(2,3)22-28(24,25)18-11-16(8-9-17(18)26-4)19(23)27-13-15-7-5-6-14(10-15)12-21/h5-11,22H,13H2,1-4H3. The van der Waals surface area contributed by atoms with Gasteiger partial charge in [0.2, 0.25) is 10.0 Å². The number of hydrogen-bond donors (Lipinski definition) is 1. The molecule has 0 atom stereocenters. The first-order valence-electron chi connectivity index (χ1n) is 8.44. The van der Waals surface area contributed by atoms with Gasteiger partial charge >= 0.3 is 5.97 Å². The van der Waals surface area contributed by atoms with Gasteiger partial charge in [0, 0.05) is 5.54 Å². The van der Waals surface area contributed by atoms with Crippen LogP contribution in [0.5, 0.6) is 5.75 Å². The average molecular weight is 402 g/mol. The second kappa shape index (κ2) is 8.42. The Balaban J connectivity index is 2.26. The van der Waals surface area contributed by atoms with Gasteiger partial charge in [0.1, 0.15) is 17.3 Å². The predicted octanol–water partition coefficient (Wildman–Crippen LogP) is 3.00. The molecule has 8 heteroatoms. The van der Waals surface area contributed by atoms with E-state index in [9.17, 15) is 13.2 Å². The van der Waals surface area contributed by atoms with E-state index in [0.717, 1.165) is 0 Å². The summed E-state index contributed by atoms with van der Waals surface area (Å²) in [4.78, 5) is 12.2. The van der Waals surface area contributed by atoms with Crippen molar-refractivity contribution in [2.45, 2.75) is 37.8 Å². The number of nitrogens with zero attached hydrogens (tertiary/aromatic N) is 1. The molecule has 0 saturated carbocycles. The summed E-state index contributed by atoms with van der Waals surface area (Å²) in [5.74, 6) is -0.563. The zero-order chi connectivity index (χ0) is 20.9. The Morgan fingerprint density at radius 3 is 2.50 bits per heavy atom. The first-order valence-corrected chi connectivity index (χ1v) is 9.92. The summed E-state index contributed by atoms with van der Waals surface area (Å²) in [6, 6.07) is 12.8. The number of benzene rings is 2. The molecule has 0 aliphatic carbocycles. The van der Waals surface area contributed by atoms with Crippen molar-refractivity contribution in [3.8, 4) is 11.8 Å². The summed E-state index contributed by atoms with van der Waals surface area (Å²) in [6.45, 7) is 5.10. The molecular formula is C20H22N2O5S. The number of sulfonamides is 1. The molecule has 2 aromatic carbocycles. The third-order valence-electron chi connectivity index (χ3n) is 3.56. The Morgan fingerprint density at radius 1 is 1.18 bits per heavy atom. The monoisotopic (exact) mass is 402 g/mol. The van der Waals surface area contributed by atoms with Crippen LogP contribution in [-0.2, 0) is 21.4 Å². The Bertz CT molecular complexity index is 1020. The van der Waals surface area contributed by atoms with Crippen molar-refractivity contribution in [2.24, 2.45) is 0 Å². The number of hydrogen-bond acceptors (Lipinski definition) is 6. The van der Waals surface area contributed by atoms with E-state index in [1.165, 1.54) is 25.3 Å². The Morgan fingerprint density at radius 2 is 1.89 bits per heavy atom. The van der Waals surface area contributed by atoms with Crippen LogP contribution in [0.1, 0.15) is 42.3 Å².